The lowest BCUT2D eigenvalue weighted by atomic mass is 10.2. The highest BCUT2D eigenvalue weighted by Crippen LogP contribution is 2.19. The molecule has 0 aliphatic heterocycles. The lowest BCUT2D eigenvalue weighted by molar-refractivity contribution is -0.123. The van der Waals surface area contributed by atoms with Crippen LogP contribution in [-0.4, -0.2) is 22.7 Å². The number of carbonyl (C=O) groups excluding carboxylic acids is 1. The predicted molar refractivity (Wildman–Crippen MR) is 93.3 cm³/mol. The van der Waals surface area contributed by atoms with E-state index in [-0.39, 0.29) is 12.5 Å². The number of hydrogen-bond donors (Lipinski definition) is 1. The van der Waals surface area contributed by atoms with Gasteiger partial charge in [-0.1, -0.05) is 28.9 Å². The minimum Gasteiger partial charge on any atom is -0.484 e. The van der Waals surface area contributed by atoms with Gasteiger partial charge in [0.1, 0.15) is 5.75 Å². The Labute approximate surface area is 149 Å². The van der Waals surface area contributed by atoms with Crippen LogP contribution in [0.2, 0.25) is 5.02 Å². The van der Waals surface area contributed by atoms with E-state index in [1.165, 1.54) is 0 Å². The largest absolute Gasteiger partial charge is 0.484 e. The maximum absolute atomic E-state index is 11.9. The number of benzene rings is 2. The van der Waals surface area contributed by atoms with Crippen LogP contribution in [0, 0.1) is 6.92 Å². The fraction of sp³-hybridized carbons (Fsp3) is 0.167. The molecule has 3 rings (SSSR count). The van der Waals surface area contributed by atoms with Gasteiger partial charge in [-0.15, -0.1) is 0 Å². The third-order valence-corrected chi connectivity index (χ3v) is 3.62. The molecule has 2 aromatic carbocycles. The van der Waals surface area contributed by atoms with Crippen LogP contribution in [0.4, 0.5) is 0 Å². The summed E-state index contributed by atoms with van der Waals surface area (Å²) >= 11 is 5.91. The molecule has 3 aromatic rings. The molecule has 0 unspecified atom stereocenters. The van der Waals surface area contributed by atoms with Gasteiger partial charge in [0.25, 0.3) is 5.91 Å². The number of nitrogens with zero attached hydrogens (tertiary/aromatic N) is 2. The minimum absolute atomic E-state index is 0.0682. The summed E-state index contributed by atoms with van der Waals surface area (Å²) in [5.74, 6) is 1.40. The lowest BCUT2D eigenvalue weighted by Crippen LogP contribution is -2.28. The molecule has 0 aliphatic carbocycles. The summed E-state index contributed by atoms with van der Waals surface area (Å²) in [7, 11) is 0. The highest BCUT2D eigenvalue weighted by Gasteiger charge is 2.07. The van der Waals surface area contributed by atoms with E-state index in [2.05, 4.69) is 15.5 Å². The van der Waals surface area contributed by atoms with Crippen LogP contribution in [-0.2, 0) is 11.3 Å². The standard InChI is InChI=1S/C18H16ClN3O3/c1-12-21-18(22-25-12)14-5-7-16(8-6-14)24-11-17(23)20-10-13-3-2-4-15(19)9-13/h2-9H,10-11H2,1H3,(H,20,23). The smallest absolute Gasteiger partial charge is 0.258 e. The molecule has 1 aromatic heterocycles. The summed E-state index contributed by atoms with van der Waals surface area (Å²) in [4.78, 5) is 16.0. The zero-order valence-corrected chi connectivity index (χ0v) is 14.3. The number of nitrogens with one attached hydrogen (secondary N) is 1. The number of rotatable bonds is 6. The molecule has 25 heavy (non-hydrogen) atoms. The first-order chi connectivity index (χ1) is 12.1. The molecule has 0 atom stereocenters. The van der Waals surface area contributed by atoms with Crippen molar-refractivity contribution < 1.29 is 14.1 Å². The predicted octanol–water partition coefficient (Wildman–Crippen LogP) is 3.39. The van der Waals surface area contributed by atoms with Gasteiger partial charge in [0, 0.05) is 24.1 Å². The normalized spacial score (nSPS) is 10.5. The van der Waals surface area contributed by atoms with Crippen LogP contribution in [0.5, 0.6) is 5.75 Å². The molecule has 0 fully saturated rings. The first kappa shape index (κ1) is 17.0. The molecule has 128 valence electrons. The van der Waals surface area contributed by atoms with Crippen molar-refractivity contribution >= 4 is 17.5 Å². The molecule has 0 bridgehead atoms. The van der Waals surface area contributed by atoms with Gasteiger partial charge in [0.15, 0.2) is 6.61 Å². The van der Waals surface area contributed by atoms with Crippen molar-refractivity contribution in [1.82, 2.24) is 15.5 Å². The third kappa shape index (κ3) is 4.81. The van der Waals surface area contributed by atoms with Crippen LogP contribution < -0.4 is 10.1 Å². The van der Waals surface area contributed by atoms with Gasteiger partial charge in [-0.05, 0) is 42.0 Å². The molecular formula is C18H16ClN3O3. The maximum Gasteiger partial charge on any atom is 0.258 e. The highest BCUT2D eigenvalue weighted by atomic mass is 35.5. The molecule has 6 nitrogen and oxygen atoms in total. The number of carbonyl (C=O) groups is 1. The molecule has 1 N–H and O–H groups in total. The van der Waals surface area contributed by atoms with E-state index in [0.717, 1.165) is 11.1 Å². The first-order valence-electron chi connectivity index (χ1n) is 7.65. The molecule has 0 saturated carbocycles. The summed E-state index contributed by atoms with van der Waals surface area (Å²) in [6.45, 7) is 2.07. The number of aromatic nitrogens is 2. The molecule has 0 spiro atoms. The molecule has 1 amide bonds. The van der Waals surface area contributed by atoms with Crippen molar-refractivity contribution in [3.05, 3.63) is 65.0 Å². The van der Waals surface area contributed by atoms with Crippen LogP contribution in [0.25, 0.3) is 11.4 Å². The zero-order chi connectivity index (χ0) is 17.6. The molecule has 0 radical (unpaired) electrons. The summed E-state index contributed by atoms with van der Waals surface area (Å²) in [6.07, 6.45) is 0. The van der Waals surface area contributed by atoms with Crippen LogP contribution >= 0.6 is 11.6 Å². The van der Waals surface area contributed by atoms with Gasteiger partial charge in [-0.2, -0.15) is 4.98 Å². The molecular weight excluding hydrogens is 342 g/mol. The summed E-state index contributed by atoms with van der Waals surface area (Å²) in [6, 6.07) is 14.5. The fourth-order valence-electron chi connectivity index (χ4n) is 2.16. The Morgan fingerprint density at radius 2 is 2.04 bits per heavy atom. The average molecular weight is 358 g/mol. The quantitative estimate of drug-likeness (QED) is 0.731. The summed E-state index contributed by atoms with van der Waals surface area (Å²) in [5.41, 5.74) is 1.75. The van der Waals surface area contributed by atoms with Gasteiger partial charge >= 0.3 is 0 Å². The van der Waals surface area contributed by atoms with Crippen molar-refractivity contribution in [1.29, 1.82) is 0 Å². The number of amides is 1. The molecule has 1 heterocycles. The number of ether oxygens (including phenoxy) is 1. The second-order valence-corrected chi connectivity index (χ2v) is 5.79. The van der Waals surface area contributed by atoms with E-state index in [0.29, 0.717) is 29.0 Å². The number of halogens is 1. The van der Waals surface area contributed by atoms with E-state index in [1.54, 1.807) is 31.2 Å². The topological polar surface area (TPSA) is 77.2 Å². The fourth-order valence-corrected chi connectivity index (χ4v) is 2.38. The van der Waals surface area contributed by atoms with E-state index in [1.807, 2.05) is 24.3 Å². The first-order valence-corrected chi connectivity index (χ1v) is 8.02. The van der Waals surface area contributed by atoms with Crippen molar-refractivity contribution in [3.63, 3.8) is 0 Å². The Balaban J connectivity index is 1.48. The number of hydrogen-bond acceptors (Lipinski definition) is 5. The monoisotopic (exact) mass is 357 g/mol. The SMILES string of the molecule is Cc1nc(-c2ccc(OCC(=O)NCc3cccc(Cl)c3)cc2)no1. The average Bonchev–Trinajstić information content (AvgIpc) is 3.05. The zero-order valence-electron chi connectivity index (χ0n) is 13.5. The minimum atomic E-state index is -0.210. The third-order valence-electron chi connectivity index (χ3n) is 3.39. The van der Waals surface area contributed by atoms with E-state index < -0.39 is 0 Å². The second-order valence-electron chi connectivity index (χ2n) is 5.36. The molecule has 0 aliphatic rings. The molecule has 0 saturated heterocycles. The Kier molecular flexibility index (Phi) is 5.30. The van der Waals surface area contributed by atoms with Crippen molar-refractivity contribution in [2.24, 2.45) is 0 Å². The van der Waals surface area contributed by atoms with Gasteiger partial charge in [-0.25, -0.2) is 0 Å². The Hall–Kier alpha value is -2.86. The highest BCUT2D eigenvalue weighted by molar-refractivity contribution is 6.30. The Morgan fingerprint density at radius 3 is 2.72 bits per heavy atom. The van der Waals surface area contributed by atoms with E-state index in [4.69, 9.17) is 20.9 Å². The second kappa shape index (κ2) is 7.81. The number of aryl methyl sites for hydroxylation is 1. The van der Waals surface area contributed by atoms with Crippen LogP contribution in [0.3, 0.4) is 0 Å². The van der Waals surface area contributed by atoms with Crippen LogP contribution in [0.1, 0.15) is 11.5 Å². The summed E-state index contributed by atoms with van der Waals surface area (Å²) < 4.78 is 10.4. The lowest BCUT2D eigenvalue weighted by Gasteiger charge is -2.08. The van der Waals surface area contributed by atoms with E-state index >= 15 is 0 Å². The van der Waals surface area contributed by atoms with E-state index in [9.17, 15) is 4.79 Å². The summed E-state index contributed by atoms with van der Waals surface area (Å²) in [5, 5.41) is 7.27. The maximum atomic E-state index is 11.9. The van der Waals surface area contributed by atoms with Gasteiger partial charge in [0.05, 0.1) is 0 Å². The van der Waals surface area contributed by atoms with Crippen molar-refractivity contribution in [2.45, 2.75) is 13.5 Å². The van der Waals surface area contributed by atoms with Gasteiger partial charge in [-0.3, -0.25) is 4.79 Å². The molecule has 7 heteroatoms. The van der Waals surface area contributed by atoms with Gasteiger partial charge < -0.3 is 14.6 Å². The van der Waals surface area contributed by atoms with Crippen LogP contribution in [0.15, 0.2) is 53.1 Å². The Morgan fingerprint density at radius 1 is 1.24 bits per heavy atom. The van der Waals surface area contributed by atoms with Crippen molar-refractivity contribution in [3.8, 4) is 17.1 Å². The van der Waals surface area contributed by atoms with Crippen molar-refractivity contribution in [2.75, 3.05) is 6.61 Å². The van der Waals surface area contributed by atoms with Gasteiger partial charge in [0.2, 0.25) is 11.7 Å². The Bertz CT molecular complexity index is 862.